The monoisotopic (exact) mass is 413 g/mol. The number of sulfonamides is 1. The number of carbonyl (C=O) groups excluding carboxylic acids is 1. The Morgan fingerprint density at radius 3 is 2.45 bits per heavy atom. The van der Waals surface area contributed by atoms with Gasteiger partial charge in [0.2, 0.25) is 15.9 Å². The number of benzene rings is 2. The molecule has 3 rings (SSSR count). The molecule has 0 aliphatic carbocycles. The van der Waals surface area contributed by atoms with Crippen molar-refractivity contribution < 1.29 is 13.2 Å². The summed E-state index contributed by atoms with van der Waals surface area (Å²) >= 11 is 0. The number of rotatable bonds is 9. The summed E-state index contributed by atoms with van der Waals surface area (Å²) in [6, 6.07) is 16.0. The van der Waals surface area contributed by atoms with Gasteiger partial charge in [-0.25, -0.2) is 18.1 Å². The van der Waals surface area contributed by atoms with Gasteiger partial charge in [0, 0.05) is 6.42 Å². The van der Waals surface area contributed by atoms with Crippen molar-refractivity contribution in [1.82, 2.24) is 24.8 Å². The van der Waals surface area contributed by atoms with Crippen molar-refractivity contribution in [2.75, 3.05) is 7.05 Å². The van der Waals surface area contributed by atoms with Crippen molar-refractivity contribution in [3.05, 3.63) is 78.4 Å². The molecule has 8 nitrogen and oxygen atoms in total. The van der Waals surface area contributed by atoms with Crippen LogP contribution in [0.1, 0.15) is 23.6 Å². The molecule has 1 aromatic heterocycles. The predicted octanol–water partition coefficient (Wildman–Crippen LogP) is 1.68. The van der Waals surface area contributed by atoms with E-state index in [4.69, 9.17) is 0 Å². The molecule has 0 fully saturated rings. The van der Waals surface area contributed by atoms with E-state index in [1.165, 1.54) is 25.5 Å². The first-order chi connectivity index (χ1) is 14.0. The minimum Gasteiger partial charge on any atom is -0.347 e. The molecule has 1 amide bonds. The molecule has 3 aromatic rings. The molecule has 0 aliphatic rings. The van der Waals surface area contributed by atoms with Gasteiger partial charge in [0.25, 0.3) is 0 Å². The Hall–Kier alpha value is -3.04. The third-order valence-electron chi connectivity index (χ3n) is 4.52. The smallest absolute Gasteiger partial charge is 0.240 e. The first-order valence-corrected chi connectivity index (χ1v) is 10.7. The van der Waals surface area contributed by atoms with E-state index in [9.17, 15) is 13.2 Å². The van der Waals surface area contributed by atoms with E-state index in [0.717, 1.165) is 11.1 Å². The summed E-state index contributed by atoms with van der Waals surface area (Å²) in [5.41, 5.74) is 1.88. The zero-order valence-corrected chi connectivity index (χ0v) is 16.8. The molecule has 1 atom stereocenters. The Morgan fingerprint density at radius 1 is 1.10 bits per heavy atom. The van der Waals surface area contributed by atoms with E-state index in [2.05, 4.69) is 20.1 Å². The second-order valence-electron chi connectivity index (χ2n) is 6.50. The van der Waals surface area contributed by atoms with Gasteiger partial charge in [0.05, 0.1) is 17.5 Å². The maximum atomic E-state index is 12.5. The van der Waals surface area contributed by atoms with Crippen molar-refractivity contribution in [2.24, 2.45) is 0 Å². The van der Waals surface area contributed by atoms with E-state index in [-0.39, 0.29) is 16.8 Å². The lowest BCUT2D eigenvalue weighted by Crippen LogP contribution is -2.31. The molecule has 0 aliphatic heterocycles. The summed E-state index contributed by atoms with van der Waals surface area (Å²) in [6.07, 6.45) is 3.88. The number of nitrogens with one attached hydrogen (secondary N) is 2. The van der Waals surface area contributed by atoms with Crippen LogP contribution < -0.4 is 10.0 Å². The molecular formula is C20H23N5O3S. The average molecular weight is 414 g/mol. The van der Waals surface area contributed by atoms with Crippen LogP contribution in [0.2, 0.25) is 0 Å². The van der Waals surface area contributed by atoms with Crippen molar-refractivity contribution in [2.45, 2.75) is 30.3 Å². The Balaban J connectivity index is 1.61. The van der Waals surface area contributed by atoms with Gasteiger partial charge >= 0.3 is 0 Å². The lowest BCUT2D eigenvalue weighted by Gasteiger charge is -2.19. The normalized spacial score (nSPS) is 12.4. The fraction of sp³-hybridized carbons (Fsp3) is 0.250. The average Bonchev–Trinajstić information content (AvgIpc) is 3.26. The van der Waals surface area contributed by atoms with Crippen LogP contribution in [-0.2, 0) is 27.8 Å². The van der Waals surface area contributed by atoms with Gasteiger partial charge in [-0.2, -0.15) is 5.10 Å². The lowest BCUT2D eigenvalue weighted by molar-refractivity contribution is -0.121. The highest BCUT2D eigenvalue weighted by Gasteiger charge is 2.16. The summed E-state index contributed by atoms with van der Waals surface area (Å²) in [5.74, 6) is -0.0918. The molecule has 29 heavy (non-hydrogen) atoms. The highest BCUT2D eigenvalue weighted by atomic mass is 32.2. The summed E-state index contributed by atoms with van der Waals surface area (Å²) < 4.78 is 27.5. The molecule has 0 bridgehead atoms. The number of hydrogen-bond donors (Lipinski definition) is 2. The van der Waals surface area contributed by atoms with E-state index in [1.54, 1.807) is 23.1 Å². The molecule has 0 saturated heterocycles. The summed E-state index contributed by atoms with van der Waals surface area (Å²) in [7, 11) is -2.09. The minimum atomic E-state index is -3.46. The van der Waals surface area contributed by atoms with Gasteiger partial charge in [-0.3, -0.25) is 9.48 Å². The molecule has 0 radical (unpaired) electrons. The highest BCUT2D eigenvalue weighted by Crippen LogP contribution is 2.16. The number of aromatic nitrogens is 3. The number of carbonyl (C=O) groups is 1. The van der Waals surface area contributed by atoms with Crippen LogP contribution in [0, 0.1) is 0 Å². The van der Waals surface area contributed by atoms with E-state index in [0.29, 0.717) is 19.4 Å². The van der Waals surface area contributed by atoms with E-state index < -0.39 is 10.0 Å². The van der Waals surface area contributed by atoms with Gasteiger partial charge < -0.3 is 5.32 Å². The SMILES string of the molecule is CNS(=O)(=O)c1ccc(CCC(=O)NC(Cn2cncn2)c2ccccc2)cc1. The lowest BCUT2D eigenvalue weighted by atomic mass is 10.1. The maximum Gasteiger partial charge on any atom is 0.240 e. The Kier molecular flexibility index (Phi) is 6.73. The maximum absolute atomic E-state index is 12.5. The molecule has 1 heterocycles. The molecular weight excluding hydrogens is 390 g/mol. The van der Waals surface area contributed by atoms with Crippen LogP contribution >= 0.6 is 0 Å². The first-order valence-electron chi connectivity index (χ1n) is 9.17. The minimum absolute atomic E-state index is 0.0918. The number of nitrogens with zero attached hydrogens (tertiary/aromatic N) is 3. The number of hydrogen-bond acceptors (Lipinski definition) is 5. The molecule has 0 saturated carbocycles. The van der Waals surface area contributed by atoms with Crippen LogP contribution in [0.15, 0.2) is 72.1 Å². The molecule has 0 spiro atoms. The molecule has 152 valence electrons. The van der Waals surface area contributed by atoms with Gasteiger partial charge in [0.1, 0.15) is 12.7 Å². The van der Waals surface area contributed by atoms with Gasteiger partial charge in [-0.05, 0) is 36.7 Å². The quantitative estimate of drug-likeness (QED) is 0.555. The third-order valence-corrected chi connectivity index (χ3v) is 5.95. The Bertz CT molecular complexity index is 1020. The topological polar surface area (TPSA) is 106 Å². The van der Waals surface area contributed by atoms with Crippen LogP contribution in [-0.4, -0.2) is 36.1 Å². The van der Waals surface area contributed by atoms with Gasteiger partial charge in [-0.1, -0.05) is 42.5 Å². The molecule has 1 unspecified atom stereocenters. The van der Waals surface area contributed by atoms with Crippen LogP contribution in [0.3, 0.4) is 0 Å². The highest BCUT2D eigenvalue weighted by molar-refractivity contribution is 7.89. The second kappa shape index (κ2) is 9.44. The zero-order valence-electron chi connectivity index (χ0n) is 16.0. The van der Waals surface area contributed by atoms with E-state index >= 15 is 0 Å². The number of amides is 1. The molecule has 9 heteroatoms. The van der Waals surface area contributed by atoms with Crippen LogP contribution in [0.4, 0.5) is 0 Å². The van der Waals surface area contributed by atoms with Crippen molar-refractivity contribution in [1.29, 1.82) is 0 Å². The summed E-state index contributed by atoms with van der Waals surface area (Å²) in [4.78, 5) is 16.7. The Morgan fingerprint density at radius 2 is 1.83 bits per heavy atom. The van der Waals surface area contributed by atoms with Crippen molar-refractivity contribution in [3.8, 4) is 0 Å². The van der Waals surface area contributed by atoms with Crippen LogP contribution in [0.5, 0.6) is 0 Å². The number of aryl methyl sites for hydroxylation is 1. The second-order valence-corrected chi connectivity index (χ2v) is 8.39. The fourth-order valence-corrected chi connectivity index (χ4v) is 3.64. The first kappa shape index (κ1) is 20.7. The standard InChI is InChI=1S/C20H23N5O3S/c1-21-29(27,28)18-10-7-16(8-11-18)9-12-20(26)24-19(13-25-15-22-14-23-25)17-5-3-2-4-6-17/h2-8,10-11,14-15,19,21H,9,12-13H2,1H3,(H,24,26). The summed E-state index contributed by atoms with van der Waals surface area (Å²) in [5, 5.41) is 7.17. The third kappa shape index (κ3) is 5.72. The van der Waals surface area contributed by atoms with Crippen LogP contribution in [0.25, 0.3) is 0 Å². The fourth-order valence-electron chi connectivity index (χ4n) is 2.91. The van der Waals surface area contributed by atoms with Crippen molar-refractivity contribution >= 4 is 15.9 Å². The van der Waals surface area contributed by atoms with Gasteiger partial charge in [0.15, 0.2) is 0 Å². The zero-order chi connectivity index (χ0) is 20.7. The Labute approximate surface area is 170 Å². The summed E-state index contributed by atoms with van der Waals surface area (Å²) in [6.45, 7) is 0.478. The van der Waals surface area contributed by atoms with Crippen molar-refractivity contribution in [3.63, 3.8) is 0 Å². The molecule has 2 aromatic carbocycles. The largest absolute Gasteiger partial charge is 0.347 e. The predicted molar refractivity (Wildman–Crippen MR) is 108 cm³/mol. The van der Waals surface area contributed by atoms with E-state index in [1.807, 2.05) is 30.3 Å². The molecule has 2 N–H and O–H groups in total. The van der Waals surface area contributed by atoms with Gasteiger partial charge in [-0.15, -0.1) is 0 Å².